The van der Waals surface area contributed by atoms with Gasteiger partial charge in [-0.1, -0.05) is 24.3 Å². The minimum absolute atomic E-state index is 0.0513. The van der Waals surface area contributed by atoms with E-state index in [1.165, 1.54) is 0 Å². The molecule has 0 unspecified atom stereocenters. The van der Waals surface area contributed by atoms with E-state index in [9.17, 15) is 5.11 Å². The van der Waals surface area contributed by atoms with Gasteiger partial charge in [-0.05, 0) is 28.8 Å². The molecule has 0 aliphatic carbocycles. The number of methoxy groups -OCH3 is 1. The molecule has 0 amide bonds. The molecule has 5 nitrogen and oxygen atoms in total. The topological polar surface area (TPSA) is 60.0 Å². The zero-order valence-corrected chi connectivity index (χ0v) is 12.5. The van der Waals surface area contributed by atoms with Gasteiger partial charge in [0.25, 0.3) is 0 Å². The van der Waals surface area contributed by atoms with Crippen LogP contribution in [0.3, 0.4) is 0 Å². The Morgan fingerprint density at radius 3 is 2.73 bits per heavy atom. The predicted molar refractivity (Wildman–Crippen MR) is 82.0 cm³/mol. The molecule has 0 spiro atoms. The number of aliphatic hydroxyl groups is 1. The highest BCUT2D eigenvalue weighted by Crippen LogP contribution is 2.41. The van der Waals surface area contributed by atoms with Gasteiger partial charge < -0.3 is 24.6 Å². The maximum absolute atomic E-state index is 9.33. The number of hydrogen-bond donors (Lipinski definition) is 2. The van der Waals surface area contributed by atoms with Crippen molar-refractivity contribution >= 4 is 0 Å². The van der Waals surface area contributed by atoms with Gasteiger partial charge in [-0.3, -0.25) is 0 Å². The second-order valence-corrected chi connectivity index (χ2v) is 5.06. The predicted octanol–water partition coefficient (Wildman–Crippen LogP) is 2.21. The van der Waals surface area contributed by atoms with E-state index in [4.69, 9.17) is 14.2 Å². The third-order valence-electron chi connectivity index (χ3n) is 3.65. The summed E-state index contributed by atoms with van der Waals surface area (Å²) < 4.78 is 16.1. The number of fused-ring (bicyclic) bond motifs is 1. The zero-order chi connectivity index (χ0) is 15.4. The summed E-state index contributed by atoms with van der Waals surface area (Å²) in [4.78, 5) is 0. The van der Waals surface area contributed by atoms with Gasteiger partial charge in [-0.15, -0.1) is 0 Å². The van der Waals surface area contributed by atoms with Gasteiger partial charge in [0.1, 0.15) is 0 Å². The molecule has 0 radical (unpaired) electrons. The third-order valence-corrected chi connectivity index (χ3v) is 3.65. The first-order chi connectivity index (χ1) is 10.8. The van der Waals surface area contributed by atoms with Crippen LogP contribution in [-0.4, -0.2) is 19.0 Å². The minimum atomic E-state index is 0.0513. The molecule has 1 aliphatic rings. The zero-order valence-electron chi connectivity index (χ0n) is 12.5. The Labute approximate surface area is 129 Å². The molecule has 3 rings (SSSR count). The molecule has 116 valence electrons. The molecular weight excluding hydrogens is 282 g/mol. The molecule has 0 atom stereocenters. The molecule has 2 aromatic carbocycles. The Morgan fingerprint density at radius 1 is 1.14 bits per heavy atom. The van der Waals surface area contributed by atoms with Crippen molar-refractivity contribution in [1.82, 2.24) is 5.32 Å². The van der Waals surface area contributed by atoms with Crippen LogP contribution in [0.4, 0.5) is 0 Å². The lowest BCUT2D eigenvalue weighted by atomic mass is 10.1. The Kier molecular flexibility index (Phi) is 4.46. The van der Waals surface area contributed by atoms with E-state index in [0.717, 1.165) is 16.7 Å². The normalized spacial score (nSPS) is 12.5. The Hall–Kier alpha value is -2.24. The van der Waals surface area contributed by atoms with Gasteiger partial charge in [0.05, 0.1) is 13.7 Å². The summed E-state index contributed by atoms with van der Waals surface area (Å²) in [5.41, 5.74) is 3.10. The van der Waals surface area contributed by atoms with E-state index in [-0.39, 0.29) is 13.4 Å². The highest BCUT2D eigenvalue weighted by atomic mass is 16.7. The van der Waals surface area contributed by atoms with Crippen LogP contribution in [0.5, 0.6) is 17.2 Å². The van der Waals surface area contributed by atoms with E-state index in [1.54, 1.807) is 7.11 Å². The first-order valence-corrected chi connectivity index (χ1v) is 7.16. The fourth-order valence-corrected chi connectivity index (χ4v) is 2.51. The fourth-order valence-electron chi connectivity index (χ4n) is 2.51. The van der Waals surface area contributed by atoms with Crippen LogP contribution < -0.4 is 19.5 Å². The quantitative estimate of drug-likeness (QED) is 0.856. The van der Waals surface area contributed by atoms with Crippen LogP contribution in [0.2, 0.25) is 0 Å². The van der Waals surface area contributed by atoms with Crippen molar-refractivity contribution in [3.05, 3.63) is 53.1 Å². The summed E-state index contributed by atoms with van der Waals surface area (Å²) in [7, 11) is 1.62. The minimum Gasteiger partial charge on any atom is -0.493 e. The van der Waals surface area contributed by atoms with E-state index >= 15 is 0 Å². The summed E-state index contributed by atoms with van der Waals surface area (Å²) >= 11 is 0. The van der Waals surface area contributed by atoms with Gasteiger partial charge in [-0.25, -0.2) is 0 Å². The van der Waals surface area contributed by atoms with Gasteiger partial charge in [-0.2, -0.15) is 0 Å². The molecule has 0 aromatic heterocycles. The molecule has 0 bridgehead atoms. The average molecular weight is 301 g/mol. The first-order valence-electron chi connectivity index (χ1n) is 7.16. The Balaban J connectivity index is 1.67. The fraction of sp³-hybridized carbons (Fsp3) is 0.294. The summed E-state index contributed by atoms with van der Waals surface area (Å²) in [6.07, 6.45) is 0. The molecule has 0 saturated carbocycles. The molecule has 1 aliphatic heterocycles. The highest BCUT2D eigenvalue weighted by Gasteiger charge is 2.19. The summed E-state index contributed by atoms with van der Waals surface area (Å²) in [5, 5.41) is 12.7. The van der Waals surface area contributed by atoms with Gasteiger partial charge in [0.15, 0.2) is 11.5 Å². The molecule has 2 N–H and O–H groups in total. The third kappa shape index (κ3) is 3.00. The second-order valence-electron chi connectivity index (χ2n) is 5.06. The van der Waals surface area contributed by atoms with Crippen LogP contribution in [0.25, 0.3) is 0 Å². The van der Waals surface area contributed by atoms with E-state index in [1.807, 2.05) is 36.4 Å². The van der Waals surface area contributed by atoms with Crippen molar-refractivity contribution in [2.75, 3.05) is 13.9 Å². The van der Waals surface area contributed by atoms with Crippen LogP contribution in [0, 0.1) is 0 Å². The van der Waals surface area contributed by atoms with E-state index in [2.05, 4.69) is 5.32 Å². The number of hydrogen-bond acceptors (Lipinski definition) is 5. The van der Waals surface area contributed by atoms with Crippen molar-refractivity contribution in [3.63, 3.8) is 0 Å². The smallest absolute Gasteiger partial charge is 0.231 e. The summed E-state index contributed by atoms with van der Waals surface area (Å²) in [6.45, 7) is 1.64. The Morgan fingerprint density at radius 2 is 1.95 bits per heavy atom. The second kappa shape index (κ2) is 6.68. The van der Waals surface area contributed by atoms with Crippen molar-refractivity contribution in [3.8, 4) is 17.2 Å². The van der Waals surface area contributed by atoms with Crippen LogP contribution >= 0.6 is 0 Å². The van der Waals surface area contributed by atoms with Crippen molar-refractivity contribution < 1.29 is 19.3 Å². The van der Waals surface area contributed by atoms with Gasteiger partial charge in [0.2, 0.25) is 12.5 Å². The SMILES string of the molecule is COc1cc(CNCc2ccccc2CO)cc2c1OCO2. The molecule has 22 heavy (non-hydrogen) atoms. The molecule has 2 aromatic rings. The first kappa shape index (κ1) is 14.7. The number of aliphatic hydroxyl groups excluding tert-OH is 1. The van der Waals surface area contributed by atoms with Gasteiger partial charge >= 0.3 is 0 Å². The lowest BCUT2D eigenvalue weighted by Gasteiger charge is -2.11. The largest absolute Gasteiger partial charge is 0.493 e. The molecule has 0 fully saturated rings. The maximum Gasteiger partial charge on any atom is 0.231 e. The number of rotatable bonds is 6. The number of ether oxygens (including phenoxy) is 3. The molecule has 0 saturated heterocycles. The number of nitrogens with one attached hydrogen (secondary N) is 1. The van der Waals surface area contributed by atoms with Crippen molar-refractivity contribution in [2.45, 2.75) is 19.7 Å². The lowest BCUT2D eigenvalue weighted by Crippen LogP contribution is -2.14. The standard InChI is InChI=1S/C17H19NO4/c1-20-15-6-12(7-16-17(15)22-11-21-16)8-18-9-13-4-2-3-5-14(13)10-19/h2-7,18-19H,8-11H2,1H3. The maximum atomic E-state index is 9.33. The number of benzene rings is 2. The summed E-state index contributed by atoms with van der Waals surface area (Å²) in [5.74, 6) is 2.06. The molecule has 5 heteroatoms. The van der Waals surface area contributed by atoms with Crippen LogP contribution in [0.15, 0.2) is 36.4 Å². The Bertz CT molecular complexity index is 657. The lowest BCUT2D eigenvalue weighted by molar-refractivity contribution is 0.171. The monoisotopic (exact) mass is 301 g/mol. The van der Waals surface area contributed by atoms with Crippen molar-refractivity contribution in [2.24, 2.45) is 0 Å². The summed E-state index contributed by atoms with van der Waals surface area (Å²) in [6, 6.07) is 11.7. The van der Waals surface area contributed by atoms with Crippen LogP contribution in [0.1, 0.15) is 16.7 Å². The molecular formula is C17H19NO4. The molecule has 1 heterocycles. The highest BCUT2D eigenvalue weighted by molar-refractivity contribution is 5.55. The average Bonchev–Trinajstić information content (AvgIpc) is 3.03. The van der Waals surface area contributed by atoms with E-state index in [0.29, 0.717) is 30.3 Å². The van der Waals surface area contributed by atoms with Crippen LogP contribution in [-0.2, 0) is 19.7 Å². The van der Waals surface area contributed by atoms with Crippen molar-refractivity contribution in [1.29, 1.82) is 0 Å². The van der Waals surface area contributed by atoms with Gasteiger partial charge in [0, 0.05) is 13.1 Å². The van der Waals surface area contributed by atoms with E-state index < -0.39 is 0 Å².